The Bertz CT molecular complexity index is 1660. The second-order valence-electron chi connectivity index (χ2n) is 9.57. The molecule has 1 fully saturated rings. The molecule has 5 aromatic rings. The fourth-order valence-corrected chi connectivity index (χ4v) is 5.43. The summed E-state index contributed by atoms with van der Waals surface area (Å²) in [4.78, 5) is 21.8. The molecule has 0 radical (unpaired) electrons. The topological polar surface area (TPSA) is 137 Å². The van der Waals surface area contributed by atoms with Gasteiger partial charge in [-0.25, -0.2) is 9.67 Å². The van der Waals surface area contributed by atoms with Gasteiger partial charge in [-0.3, -0.25) is 9.78 Å². The Hall–Kier alpha value is -4.23. The van der Waals surface area contributed by atoms with E-state index in [0.717, 1.165) is 22.2 Å². The SMILES string of the molecule is Cn1nnnc1SCC1CC(c2ccc(CO)cc2)OC(c2cccc(NC(=O)c3cnc4ccccc4n3)c2)O1. The number of hydrogen-bond donors (Lipinski definition) is 2. The number of carbonyl (C=O) groups is 1. The molecular formula is C29H27N7O4S. The van der Waals surface area contributed by atoms with Crippen molar-refractivity contribution < 1.29 is 19.4 Å². The number of nitrogens with one attached hydrogen (secondary N) is 1. The molecule has 11 nitrogen and oxygen atoms in total. The van der Waals surface area contributed by atoms with Gasteiger partial charge in [-0.1, -0.05) is 60.3 Å². The summed E-state index contributed by atoms with van der Waals surface area (Å²) in [6.07, 6.45) is 1.02. The number of para-hydroxylation sites is 2. The standard InChI is InChI=1S/C29H27N7O4S/c1-36-29(33-34-35-36)41-17-22-14-26(19-11-9-18(16-37)10-12-19)40-28(39-22)20-5-4-6-21(13-20)31-27(38)25-15-30-23-7-2-3-8-24(23)32-25/h2-13,15,22,26,28,37H,14,16-17H2,1H3,(H,31,38). The molecule has 0 saturated carbocycles. The van der Waals surface area contributed by atoms with Gasteiger partial charge in [0.25, 0.3) is 5.91 Å². The number of ether oxygens (including phenoxy) is 2. The Morgan fingerprint density at radius 2 is 1.88 bits per heavy atom. The number of nitrogens with zero attached hydrogens (tertiary/aromatic N) is 6. The Balaban J connectivity index is 1.21. The van der Waals surface area contributed by atoms with E-state index < -0.39 is 6.29 Å². The van der Waals surface area contributed by atoms with Crippen molar-refractivity contribution in [1.29, 1.82) is 0 Å². The van der Waals surface area contributed by atoms with E-state index in [9.17, 15) is 9.90 Å². The Morgan fingerprint density at radius 1 is 1.05 bits per heavy atom. The van der Waals surface area contributed by atoms with Crippen LogP contribution in [0.3, 0.4) is 0 Å². The van der Waals surface area contributed by atoms with Gasteiger partial charge in [0, 0.05) is 30.5 Å². The minimum Gasteiger partial charge on any atom is -0.392 e. The highest BCUT2D eigenvalue weighted by atomic mass is 32.2. The summed E-state index contributed by atoms with van der Waals surface area (Å²) in [5.74, 6) is 0.260. The lowest BCUT2D eigenvalue weighted by Crippen LogP contribution is -2.31. The van der Waals surface area contributed by atoms with E-state index in [4.69, 9.17) is 9.47 Å². The van der Waals surface area contributed by atoms with Gasteiger partial charge in [0.2, 0.25) is 5.16 Å². The number of aliphatic hydroxyl groups is 1. The Labute approximate surface area is 239 Å². The smallest absolute Gasteiger partial charge is 0.275 e. The molecule has 0 bridgehead atoms. The first-order valence-electron chi connectivity index (χ1n) is 13.0. The molecule has 41 heavy (non-hydrogen) atoms. The number of amides is 1. The van der Waals surface area contributed by atoms with Crippen LogP contribution >= 0.6 is 11.8 Å². The summed E-state index contributed by atoms with van der Waals surface area (Å²) < 4.78 is 14.5. The number of tetrazole rings is 1. The summed E-state index contributed by atoms with van der Waals surface area (Å²) in [6, 6.07) is 22.5. The van der Waals surface area contributed by atoms with Crippen LogP contribution in [-0.4, -0.2) is 53.0 Å². The summed E-state index contributed by atoms with van der Waals surface area (Å²) in [5.41, 5.74) is 4.77. The number of aliphatic hydroxyl groups excluding tert-OH is 1. The highest BCUT2D eigenvalue weighted by Gasteiger charge is 2.32. The van der Waals surface area contributed by atoms with Crippen LogP contribution in [0.15, 0.2) is 84.1 Å². The number of thioether (sulfide) groups is 1. The molecule has 2 N–H and O–H groups in total. The molecule has 2 aromatic heterocycles. The van der Waals surface area contributed by atoms with Crippen molar-refractivity contribution in [2.45, 2.75) is 36.7 Å². The van der Waals surface area contributed by atoms with Crippen molar-refractivity contribution in [1.82, 2.24) is 30.2 Å². The molecule has 3 heterocycles. The zero-order chi connectivity index (χ0) is 28.2. The molecule has 3 unspecified atom stereocenters. The third-order valence-electron chi connectivity index (χ3n) is 6.69. The zero-order valence-corrected chi connectivity index (χ0v) is 22.9. The number of aromatic nitrogens is 6. The first kappa shape index (κ1) is 27.0. The van der Waals surface area contributed by atoms with Crippen molar-refractivity contribution in [3.05, 3.63) is 101 Å². The maximum atomic E-state index is 13.0. The third-order valence-corrected chi connectivity index (χ3v) is 7.83. The van der Waals surface area contributed by atoms with Crippen molar-refractivity contribution in [2.75, 3.05) is 11.1 Å². The second-order valence-corrected chi connectivity index (χ2v) is 10.6. The Kier molecular flexibility index (Phi) is 7.96. The van der Waals surface area contributed by atoms with E-state index in [-0.39, 0.29) is 30.4 Å². The fraction of sp³-hybridized carbons (Fsp3) is 0.241. The minimum absolute atomic E-state index is 0.0220. The molecule has 1 aliphatic heterocycles. The van der Waals surface area contributed by atoms with Gasteiger partial charge in [-0.05, 0) is 45.8 Å². The van der Waals surface area contributed by atoms with E-state index in [1.165, 1.54) is 18.0 Å². The predicted molar refractivity (Wildman–Crippen MR) is 152 cm³/mol. The summed E-state index contributed by atoms with van der Waals surface area (Å²) in [6.45, 7) is -0.0220. The highest BCUT2D eigenvalue weighted by Crippen LogP contribution is 2.39. The quantitative estimate of drug-likeness (QED) is 0.261. The van der Waals surface area contributed by atoms with Crippen molar-refractivity contribution in [3.8, 4) is 0 Å². The maximum absolute atomic E-state index is 13.0. The van der Waals surface area contributed by atoms with Crippen molar-refractivity contribution in [2.24, 2.45) is 7.05 Å². The molecule has 12 heteroatoms. The third kappa shape index (κ3) is 6.25. The normalized spacial score (nSPS) is 18.8. The van der Waals surface area contributed by atoms with E-state index in [2.05, 4.69) is 30.8 Å². The average molecular weight is 570 g/mol. The minimum atomic E-state index is -0.674. The van der Waals surface area contributed by atoms with Gasteiger partial charge in [-0.15, -0.1) is 5.10 Å². The molecule has 1 amide bonds. The van der Waals surface area contributed by atoms with Crippen LogP contribution in [-0.2, 0) is 23.1 Å². The zero-order valence-electron chi connectivity index (χ0n) is 22.1. The first-order chi connectivity index (χ1) is 20.1. The predicted octanol–water partition coefficient (Wildman–Crippen LogP) is 4.24. The number of carbonyl (C=O) groups excluding carboxylic acids is 1. The van der Waals surface area contributed by atoms with Crippen molar-refractivity contribution >= 4 is 34.4 Å². The van der Waals surface area contributed by atoms with Gasteiger partial charge >= 0.3 is 0 Å². The van der Waals surface area contributed by atoms with Crippen LogP contribution in [0.2, 0.25) is 0 Å². The van der Waals surface area contributed by atoms with Gasteiger partial charge in [-0.2, -0.15) is 0 Å². The van der Waals surface area contributed by atoms with Crippen LogP contribution in [0.1, 0.15) is 46.0 Å². The van der Waals surface area contributed by atoms with Crippen LogP contribution in [0.5, 0.6) is 0 Å². The summed E-state index contributed by atoms with van der Waals surface area (Å²) >= 11 is 1.51. The van der Waals surface area contributed by atoms with Gasteiger partial charge < -0.3 is 19.9 Å². The molecule has 3 atom stereocenters. The number of hydrogen-bond acceptors (Lipinski definition) is 10. The van der Waals surface area contributed by atoms with Crippen LogP contribution < -0.4 is 5.32 Å². The van der Waals surface area contributed by atoms with Crippen LogP contribution in [0, 0.1) is 0 Å². The summed E-state index contributed by atoms with van der Waals surface area (Å²) in [7, 11) is 1.80. The molecule has 208 valence electrons. The molecular weight excluding hydrogens is 542 g/mol. The van der Waals surface area contributed by atoms with Gasteiger partial charge in [0.05, 0.1) is 36.0 Å². The molecule has 0 spiro atoms. The number of fused-ring (bicyclic) bond motifs is 1. The first-order valence-corrected chi connectivity index (χ1v) is 14.0. The average Bonchev–Trinajstić information content (AvgIpc) is 3.44. The van der Waals surface area contributed by atoms with E-state index in [0.29, 0.717) is 28.5 Å². The fourth-order valence-electron chi connectivity index (χ4n) is 4.56. The number of anilines is 1. The van der Waals surface area contributed by atoms with Crippen molar-refractivity contribution in [3.63, 3.8) is 0 Å². The molecule has 6 rings (SSSR count). The molecule has 1 aliphatic rings. The summed E-state index contributed by atoms with van der Waals surface area (Å²) in [5, 5.41) is 24.7. The lowest BCUT2D eigenvalue weighted by atomic mass is 10.0. The van der Waals surface area contributed by atoms with E-state index in [1.807, 2.05) is 66.7 Å². The molecule has 3 aromatic carbocycles. The van der Waals surface area contributed by atoms with Gasteiger partial charge in [0.1, 0.15) is 5.69 Å². The monoisotopic (exact) mass is 569 g/mol. The van der Waals surface area contributed by atoms with Crippen LogP contribution in [0.25, 0.3) is 11.0 Å². The number of benzene rings is 3. The van der Waals surface area contributed by atoms with Gasteiger partial charge in [0.15, 0.2) is 6.29 Å². The lowest BCUT2D eigenvalue weighted by molar-refractivity contribution is -0.245. The number of rotatable bonds is 8. The maximum Gasteiger partial charge on any atom is 0.275 e. The second kappa shape index (κ2) is 12.1. The lowest BCUT2D eigenvalue weighted by Gasteiger charge is -2.36. The largest absolute Gasteiger partial charge is 0.392 e. The molecule has 0 aliphatic carbocycles. The van der Waals surface area contributed by atoms with E-state index >= 15 is 0 Å². The van der Waals surface area contributed by atoms with E-state index in [1.54, 1.807) is 17.8 Å². The van der Waals surface area contributed by atoms with Crippen LogP contribution in [0.4, 0.5) is 5.69 Å². The Morgan fingerprint density at radius 3 is 2.66 bits per heavy atom. The highest BCUT2D eigenvalue weighted by molar-refractivity contribution is 7.99. The molecule has 1 saturated heterocycles. The number of aryl methyl sites for hydroxylation is 1.